The highest BCUT2D eigenvalue weighted by molar-refractivity contribution is 9.10. The molecule has 0 aromatic heterocycles. The van der Waals surface area contributed by atoms with Gasteiger partial charge in [-0.05, 0) is 23.6 Å². The SMILES string of the molecule is CC(C)C(CC(=O)O)NC(=O)Cc1cccc(Br)c1. The average molecular weight is 328 g/mol. The van der Waals surface area contributed by atoms with Gasteiger partial charge in [-0.2, -0.15) is 0 Å². The van der Waals surface area contributed by atoms with Crippen LogP contribution in [0.2, 0.25) is 0 Å². The van der Waals surface area contributed by atoms with Crippen molar-refractivity contribution in [3.05, 3.63) is 34.3 Å². The lowest BCUT2D eigenvalue weighted by Gasteiger charge is -2.20. The van der Waals surface area contributed by atoms with Crippen LogP contribution in [0.4, 0.5) is 0 Å². The first kappa shape index (κ1) is 15.7. The maximum atomic E-state index is 11.9. The predicted molar refractivity (Wildman–Crippen MR) is 76.9 cm³/mol. The van der Waals surface area contributed by atoms with Crippen LogP contribution in [0.1, 0.15) is 25.8 Å². The van der Waals surface area contributed by atoms with Gasteiger partial charge in [0.1, 0.15) is 0 Å². The van der Waals surface area contributed by atoms with Gasteiger partial charge in [-0.3, -0.25) is 9.59 Å². The summed E-state index contributed by atoms with van der Waals surface area (Å²) in [6.45, 7) is 3.79. The zero-order chi connectivity index (χ0) is 14.4. The third-order valence-electron chi connectivity index (χ3n) is 2.80. The topological polar surface area (TPSA) is 66.4 Å². The van der Waals surface area contributed by atoms with E-state index in [9.17, 15) is 9.59 Å². The number of carbonyl (C=O) groups excluding carboxylic acids is 1. The molecular weight excluding hydrogens is 310 g/mol. The molecule has 1 amide bonds. The van der Waals surface area contributed by atoms with Crippen LogP contribution in [0, 0.1) is 5.92 Å². The number of carboxylic acids is 1. The number of amides is 1. The van der Waals surface area contributed by atoms with Gasteiger partial charge in [0.15, 0.2) is 0 Å². The summed E-state index contributed by atoms with van der Waals surface area (Å²) in [7, 11) is 0. The molecule has 1 aromatic rings. The predicted octanol–water partition coefficient (Wildman–Crippen LogP) is 2.61. The second kappa shape index (κ2) is 7.28. The largest absolute Gasteiger partial charge is 0.481 e. The number of carbonyl (C=O) groups is 2. The molecule has 1 aromatic carbocycles. The van der Waals surface area contributed by atoms with Crippen LogP contribution in [-0.4, -0.2) is 23.0 Å². The quantitative estimate of drug-likeness (QED) is 0.844. The van der Waals surface area contributed by atoms with Crippen LogP contribution in [-0.2, 0) is 16.0 Å². The van der Waals surface area contributed by atoms with E-state index in [2.05, 4.69) is 21.2 Å². The van der Waals surface area contributed by atoms with E-state index < -0.39 is 5.97 Å². The Hall–Kier alpha value is -1.36. The first-order valence-corrected chi connectivity index (χ1v) is 6.93. The maximum Gasteiger partial charge on any atom is 0.305 e. The van der Waals surface area contributed by atoms with Crippen molar-refractivity contribution >= 4 is 27.8 Å². The molecule has 4 nitrogen and oxygen atoms in total. The molecular formula is C14H18BrNO3. The molecule has 0 aliphatic carbocycles. The van der Waals surface area contributed by atoms with Crippen molar-refractivity contribution in [1.82, 2.24) is 5.32 Å². The van der Waals surface area contributed by atoms with Crippen molar-refractivity contribution in [2.75, 3.05) is 0 Å². The highest BCUT2D eigenvalue weighted by atomic mass is 79.9. The van der Waals surface area contributed by atoms with Crippen molar-refractivity contribution in [1.29, 1.82) is 0 Å². The van der Waals surface area contributed by atoms with Crippen molar-refractivity contribution < 1.29 is 14.7 Å². The zero-order valence-electron chi connectivity index (χ0n) is 11.0. The molecule has 1 atom stereocenters. The summed E-state index contributed by atoms with van der Waals surface area (Å²) in [6.07, 6.45) is 0.199. The molecule has 5 heteroatoms. The van der Waals surface area contributed by atoms with Crippen molar-refractivity contribution in [2.24, 2.45) is 5.92 Å². The summed E-state index contributed by atoms with van der Waals surface area (Å²) in [5, 5.41) is 11.6. The minimum atomic E-state index is -0.901. The Labute approximate surface area is 121 Å². The normalized spacial score (nSPS) is 12.2. The van der Waals surface area contributed by atoms with E-state index in [1.807, 2.05) is 38.1 Å². The number of hydrogen-bond donors (Lipinski definition) is 2. The minimum absolute atomic E-state index is 0.0537. The Balaban J connectivity index is 2.60. The van der Waals surface area contributed by atoms with Gasteiger partial charge >= 0.3 is 5.97 Å². The maximum absolute atomic E-state index is 11.9. The molecule has 0 heterocycles. The number of halogens is 1. The molecule has 0 bridgehead atoms. The summed E-state index contributed by atoms with van der Waals surface area (Å²) < 4.78 is 0.920. The fourth-order valence-electron chi connectivity index (χ4n) is 1.73. The van der Waals surface area contributed by atoms with Gasteiger partial charge in [0.05, 0.1) is 12.8 Å². The van der Waals surface area contributed by atoms with Crippen molar-refractivity contribution in [3.8, 4) is 0 Å². The molecule has 104 valence electrons. The first-order chi connectivity index (χ1) is 8.88. The van der Waals surface area contributed by atoms with Crippen LogP contribution >= 0.6 is 15.9 Å². The summed E-state index contributed by atoms with van der Waals surface area (Å²) in [5.41, 5.74) is 0.893. The molecule has 0 aliphatic heterocycles. The first-order valence-electron chi connectivity index (χ1n) is 6.14. The van der Waals surface area contributed by atoms with Gasteiger partial charge in [-0.15, -0.1) is 0 Å². The second-order valence-corrected chi connectivity index (χ2v) is 5.74. The third-order valence-corrected chi connectivity index (χ3v) is 3.29. The summed E-state index contributed by atoms with van der Waals surface area (Å²) in [5.74, 6) is -0.970. The van der Waals surface area contributed by atoms with E-state index in [1.54, 1.807) is 0 Å². The number of nitrogens with one attached hydrogen (secondary N) is 1. The number of benzene rings is 1. The number of hydrogen-bond acceptors (Lipinski definition) is 2. The van der Waals surface area contributed by atoms with Crippen molar-refractivity contribution in [2.45, 2.75) is 32.7 Å². The van der Waals surface area contributed by atoms with Crippen LogP contribution in [0.15, 0.2) is 28.7 Å². The number of aliphatic carboxylic acids is 1. The van der Waals surface area contributed by atoms with Gasteiger partial charge in [0.2, 0.25) is 5.91 Å². The smallest absolute Gasteiger partial charge is 0.305 e. The lowest BCUT2D eigenvalue weighted by Crippen LogP contribution is -2.40. The summed E-state index contributed by atoms with van der Waals surface area (Å²) in [6, 6.07) is 7.16. The highest BCUT2D eigenvalue weighted by Crippen LogP contribution is 2.12. The third kappa shape index (κ3) is 5.87. The molecule has 0 fully saturated rings. The molecule has 0 aliphatic rings. The van der Waals surface area contributed by atoms with Gasteiger partial charge < -0.3 is 10.4 Å². The standard InChI is InChI=1S/C14H18BrNO3/c1-9(2)12(8-14(18)19)16-13(17)7-10-4-3-5-11(15)6-10/h3-6,9,12H,7-8H2,1-2H3,(H,16,17)(H,18,19). The van der Waals surface area contributed by atoms with E-state index in [0.717, 1.165) is 10.0 Å². The monoisotopic (exact) mass is 327 g/mol. The van der Waals surface area contributed by atoms with E-state index in [-0.39, 0.29) is 30.7 Å². The van der Waals surface area contributed by atoms with Gasteiger partial charge in [-0.25, -0.2) is 0 Å². The Morgan fingerprint density at radius 3 is 2.58 bits per heavy atom. The fraction of sp³-hybridized carbons (Fsp3) is 0.429. The highest BCUT2D eigenvalue weighted by Gasteiger charge is 2.19. The van der Waals surface area contributed by atoms with Crippen LogP contribution < -0.4 is 5.32 Å². The zero-order valence-corrected chi connectivity index (χ0v) is 12.6. The number of rotatable bonds is 6. The van der Waals surface area contributed by atoms with E-state index >= 15 is 0 Å². The Bertz CT molecular complexity index is 460. The average Bonchev–Trinajstić information content (AvgIpc) is 2.27. The lowest BCUT2D eigenvalue weighted by molar-refractivity contribution is -0.138. The van der Waals surface area contributed by atoms with E-state index in [1.165, 1.54) is 0 Å². The minimum Gasteiger partial charge on any atom is -0.481 e. The summed E-state index contributed by atoms with van der Waals surface area (Å²) in [4.78, 5) is 22.6. The van der Waals surface area contributed by atoms with Gasteiger partial charge in [-0.1, -0.05) is 41.9 Å². The van der Waals surface area contributed by atoms with Crippen LogP contribution in [0.25, 0.3) is 0 Å². The summed E-state index contributed by atoms with van der Waals surface area (Å²) >= 11 is 3.35. The molecule has 0 radical (unpaired) electrons. The van der Waals surface area contributed by atoms with Crippen LogP contribution in [0.3, 0.4) is 0 Å². The van der Waals surface area contributed by atoms with E-state index in [0.29, 0.717) is 0 Å². The van der Waals surface area contributed by atoms with Crippen molar-refractivity contribution in [3.63, 3.8) is 0 Å². The molecule has 1 rings (SSSR count). The Morgan fingerprint density at radius 1 is 1.37 bits per heavy atom. The molecule has 0 saturated heterocycles. The molecule has 0 spiro atoms. The van der Waals surface area contributed by atoms with E-state index in [4.69, 9.17) is 5.11 Å². The van der Waals surface area contributed by atoms with Crippen LogP contribution in [0.5, 0.6) is 0 Å². The molecule has 1 unspecified atom stereocenters. The second-order valence-electron chi connectivity index (χ2n) is 4.82. The molecule has 0 saturated carbocycles. The molecule has 2 N–H and O–H groups in total. The molecule has 19 heavy (non-hydrogen) atoms. The van der Waals surface area contributed by atoms with Gasteiger partial charge in [0.25, 0.3) is 0 Å². The Morgan fingerprint density at radius 2 is 2.05 bits per heavy atom. The number of carboxylic acid groups (broad SMARTS) is 1. The fourth-order valence-corrected chi connectivity index (χ4v) is 2.18. The lowest BCUT2D eigenvalue weighted by atomic mass is 10.0. The van der Waals surface area contributed by atoms with Gasteiger partial charge in [0, 0.05) is 10.5 Å². The Kier molecular flexibility index (Phi) is 6.02.